The second-order valence-corrected chi connectivity index (χ2v) is 7.19. The number of hydrogen-bond acceptors (Lipinski definition) is 6. The summed E-state index contributed by atoms with van der Waals surface area (Å²) in [5, 5.41) is 17.8. The summed E-state index contributed by atoms with van der Waals surface area (Å²) in [6.07, 6.45) is 2.59. The lowest BCUT2D eigenvalue weighted by atomic mass is 10.2. The van der Waals surface area contributed by atoms with Crippen LogP contribution in [0.5, 0.6) is 0 Å². The SMILES string of the molecule is N#Cc1c(Nc2c(Cl)ccc3ncccc23)sn([C@@H]2CCNC2)c1=O. The highest BCUT2D eigenvalue weighted by molar-refractivity contribution is 7.11. The number of halogens is 1. The molecule has 1 aliphatic heterocycles. The molecule has 1 fully saturated rings. The molecule has 4 rings (SSSR count). The predicted octanol–water partition coefficient (Wildman–Crippen LogP) is 3.26. The zero-order chi connectivity index (χ0) is 17.4. The van der Waals surface area contributed by atoms with E-state index in [1.54, 1.807) is 16.2 Å². The van der Waals surface area contributed by atoms with Gasteiger partial charge in [-0.15, -0.1) is 0 Å². The minimum atomic E-state index is -0.252. The van der Waals surface area contributed by atoms with E-state index >= 15 is 0 Å². The molecule has 3 aromatic rings. The fraction of sp³-hybridized carbons (Fsp3) is 0.235. The van der Waals surface area contributed by atoms with Crippen molar-refractivity contribution < 1.29 is 0 Å². The number of hydrogen-bond donors (Lipinski definition) is 2. The Kier molecular flexibility index (Phi) is 4.17. The number of pyridine rings is 1. The summed E-state index contributed by atoms with van der Waals surface area (Å²) in [4.78, 5) is 16.9. The highest BCUT2D eigenvalue weighted by atomic mass is 35.5. The van der Waals surface area contributed by atoms with Crippen LogP contribution in [-0.4, -0.2) is 22.0 Å². The zero-order valence-corrected chi connectivity index (χ0v) is 14.7. The van der Waals surface area contributed by atoms with E-state index in [1.165, 1.54) is 11.5 Å². The Bertz CT molecular complexity index is 1050. The van der Waals surface area contributed by atoms with Crippen molar-refractivity contribution >= 4 is 44.7 Å². The molecule has 25 heavy (non-hydrogen) atoms. The average molecular weight is 372 g/mol. The third-order valence-corrected chi connectivity index (χ3v) is 5.75. The summed E-state index contributed by atoms with van der Waals surface area (Å²) in [6, 6.07) is 9.45. The molecule has 3 heterocycles. The van der Waals surface area contributed by atoms with E-state index < -0.39 is 0 Å². The smallest absolute Gasteiger partial charge is 0.281 e. The molecule has 0 saturated carbocycles. The molecule has 8 heteroatoms. The van der Waals surface area contributed by atoms with Gasteiger partial charge in [0, 0.05) is 18.1 Å². The minimum Gasteiger partial charge on any atom is -0.343 e. The van der Waals surface area contributed by atoms with E-state index in [4.69, 9.17) is 11.6 Å². The lowest BCUT2D eigenvalue weighted by Crippen LogP contribution is -2.22. The highest BCUT2D eigenvalue weighted by Crippen LogP contribution is 2.35. The topological polar surface area (TPSA) is 82.7 Å². The quantitative estimate of drug-likeness (QED) is 0.738. The summed E-state index contributed by atoms with van der Waals surface area (Å²) in [7, 11) is 0. The van der Waals surface area contributed by atoms with Gasteiger partial charge in [0.15, 0.2) is 5.56 Å². The van der Waals surface area contributed by atoms with Crippen molar-refractivity contribution in [2.45, 2.75) is 12.5 Å². The molecule has 1 atom stereocenters. The van der Waals surface area contributed by atoms with Crippen molar-refractivity contribution in [2.24, 2.45) is 0 Å². The first-order valence-corrected chi connectivity index (χ1v) is 9.01. The fourth-order valence-electron chi connectivity index (χ4n) is 3.02. The molecule has 0 spiro atoms. The van der Waals surface area contributed by atoms with Crippen LogP contribution in [0.15, 0.2) is 35.3 Å². The van der Waals surface area contributed by atoms with E-state index in [9.17, 15) is 10.1 Å². The number of nitrogens with zero attached hydrogens (tertiary/aromatic N) is 3. The Labute approximate surface area is 152 Å². The number of rotatable bonds is 3. The van der Waals surface area contributed by atoms with E-state index in [2.05, 4.69) is 15.6 Å². The second-order valence-electron chi connectivity index (χ2n) is 5.80. The third kappa shape index (κ3) is 2.78. The van der Waals surface area contributed by atoms with E-state index in [0.29, 0.717) is 15.7 Å². The van der Waals surface area contributed by atoms with Crippen LogP contribution in [0.4, 0.5) is 10.7 Å². The maximum absolute atomic E-state index is 12.6. The maximum atomic E-state index is 12.6. The van der Waals surface area contributed by atoms with Gasteiger partial charge in [-0.2, -0.15) is 5.26 Å². The van der Waals surface area contributed by atoms with Gasteiger partial charge in [0.2, 0.25) is 0 Å². The Hall–Kier alpha value is -2.40. The van der Waals surface area contributed by atoms with Gasteiger partial charge in [0.25, 0.3) is 5.56 Å². The van der Waals surface area contributed by atoms with Crippen LogP contribution >= 0.6 is 23.1 Å². The molecule has 126 valence electrons. The zero-order valence-electron chi connectivity index (χ0n) is 13.1. The second kappa shape index (κ2) is 6.48. The van der Waals surface area contributed by atoms with Gasteiger partial charge in [0.05, 0.1) is 22.3 Å². The van der Waals surface area contributed by atoms with Crippen molar-refractivity contribution in [3.05, 3.63) is 51.4 Å². The number of anilines is 2. The van der Waals surface area contributed by atoms with Gasteiger partial charge in [0.1, 0.15) is 11.1 Å². The molecule has 2 aromatic heterocycles. The monoisotopic (exact) mass is 371 g/mol. The van der Waals surface area contributed by atoms with Crippen molar-refractivity contribution in [3.63, 3.8) is 0 Å². The number of nitrogens with one attached hydrogen (secondary N) is 2. The number of benzene rings is 1. The van der Waals surface area contributed by atoms with Crippen LogP contribution in [0.25, 0.3) is 10.9 Å². The molecule has 0 amide bonds. The summed E-state index contributed by atoms with van der Waals surface area (Å²) in [5.74, 6) is 0. The van der Waals surface area contributed by atoms with Gasteiger partial charge >= 0.3 is 0 Å². The van der Waals surface area contributed by atoms with Crippen LogP contribution in [-0.2, 0) is 0 Å². The van der Waals surface area contributed by atoms with Crippen LogP contribution in [0.3, 0.4) is 0 Å². The van der Waals surface area contributed by atoms with E-state index in [-0.39, 0.29) is 17.2 Å². The summed E-state index contributed by atoms with van der Waals surface area (Å²) in [6.45, 7) is 1.62. The van der Waals surface area contributed by atoms with Crippen molar-refractivity contribution in [1.82, 2.24) is 14.3 Å². The summed E-state index contributed by atoms with van der Waals surface area (Å²) < 4.78 is 1.68. The molecular weight excluding hydrogens is 358 g/mol. The predicted molar refractivity (Wildman–Crippen MR) is 99.9 cm³/mol. The fourth-order valence-corrected chi connectivity index (χ4v) is 4.31. The maximum Gasteiger partial charge on any atom is 0.281 e. The van der Waals surface area contributed by atoms with Crippen LogP contribution in [0, 0.1) is 11.3 Å². The van der Waals surface area contributed by atoms with E-state index in [1.807, 2.05) is 24.3 Å². The summed E-state index contributed by atoms with van der Waals surface area (Å²) in [5.41, 5.74) is 1.31. The molecular formula is C17H14ClN5OS. The van der Waals surface area contributed by atoms with Gasteiger partial charge < -0.3 is 10.6 Å². The van der Waals surface area contributed by atoms with Crippen molar-refractivity contribution in [1.29, 1.82) is 5.26 Å². The molecule has 1 aromatic carbocycles. The van der Waals surface area contributed by atoms with Gasteiger partial charge in [-0.25, -0.2) is 0 Å². The highest BCUT2D eigenvalue weighted by Gasteiger charge is 2.24. The molecule has 6 nitrogen and oxygen atoms in total. The third-order valence-electron chi connectivity index (χ3n) is 4.28. The normalized spacial score (nSPS) is 16.9. The van der Waals surface area contributed by atoms with Gasteiger partial charge in [-0.05, 0) is 48.8 Å². The average Bonchev–Trinajstić information content (AvgIpc) is 3.25. The summed E-state index contributed by atoms with van der Waals surface area (Å²) >= 11 is 7.63. The lowest BCUT2D eigenvalue weighted by molar-refractivity contribution is 0.574. The molecule has 2 N–H and O–H groups in total. The Morgan fingerprint density at radius 3 is 3.08 bits per heavy atom. The Morgan fingerprint density at radius 2 is 2.32 bits per heavy atom. The van der Waals surface area contributed by atoms with Crippen molar-refractivity contribution in [2.75, 3.05) is 18.4 Å². The number of aromatic nitrogens is 2. The molecule has 0 radical (unpaired) electrons. The number of nitriles is 1. The molecule has 0 aliphatic carbocycles. The van der Waals surface area contributed by atoms with Crippen LogP contribution in [0.1, 0.15) is 18.0 Å². The number of fused-ring (bicyclic) bond motifs is 1. The minimum absolute atomic E-state index is 0.0878. The first-order valence-electron chi connectivity index (χ1n) is 7.86. The molecule has 0 bridgehead atoms. The first-order chi connectivity index (χ1) is 12.2. The molecule has 0 unspecified atom stereocenters. The van der Waals surface area contributed by atoms with Crippen LogP contribution < -0.4 is 16.2 Å². The molecule has 1 aliphatic rings. The standard InChI is InChI=1S/C17H14ClN5OS/c18-13-3-4-14-11(2-1-6-21-14)15(13)22-16-12(8-19)17(24)23(25-16)10-5-7-20-9-10/h1-4,6,10,20,22H,5,7,9H2/t10-/m1/s1. The Morgan fingerprint density at radius 1 is 1.44 bits per heavy atom. The van der Waals surface area contributed by atoms with Crippen LogP contribution in [0.2, 0.25) is 5.02 Å². The first kappa shape index (κ1) is 16.1. The lowest BCUT2D eigenvalue weighted by Gasteiger charge is -2.10. The Balaban J connectivity index is 1.82. The van der Waals surface area contributed by atoms with Crippen molar-refractivity contribution in [3.8, 4) is 6.07 Å². The largest absolute Gasteiger partial charge is 0.343 e. The van der Waals surface area contributed by atoms with Gasteiger partial charge in [-0.3, -0.25) is 13.7 Å². The van der Waals surface area contributed by atoms with E-state index in [0.717, 1.165) is 30.4 Å². The molecule has 1 saturated heterocycles. The van der Waals surface area contributed by atoms with Gasteiger partial charge in [-0.1, -0.05) is 11.6 Å².